The van der Waals surface area contributed by atoms with Gasteiger partial charge in [-0.25, -0.2) is 0 Å². The van der Waals surface area contributed by atoms with Gasteiger partial charge >= 0.3 is 0 Å². The predicted octanol–water partition coefficient (Wildman–Crippen LogP) is -1.13. The number of nitrogens with zero attached hydrogens (tertiary/aromatic N) is 2. The van der Waals surface area contributed by atoms with Gasteiger partial charge < -0.3 is 9.80 Å². The van der Waals surface area contributed by atoms with Gasteiger partial charge in [0.1, 0.15) is 5.88 Å². The third kappa shape index (κ3) is 3.17. The molecule has 1 N–H and O–H groups in total. The van der Waals surface area contributed by atoms with Crippen molar-refractivity contribution in [3.8, 4) is 6.07 Å². The molecule has 0 atom stereocenters. The first-order chi connectivity index (χ1) is 6.77. The van der Waals surface area contributed by atoms with Gasteiger partial charge in [0.05, 0.1) is 45.2 Å². The van der Waals surface area contributed by atoms with Crippen LogP contribution in [0.1, 0.15) is 6.42 Å². The van der Waals surface area contributed by atoms with Crippen LogP contribution in [0.4, 0.5) is 0 Å². The number of piperazine rings is 1. The molecular weight excluding hydrogens is 202 g/mol. The summed E-state index contributed by atoms with van der Waals surface area (Å²) in [6, 6.07) is 2.14. The van der Waals surface area contributed by atoms with Gasteiger partial charge in [0, 0.05) is 0 Å². The fourth-order valence-electron chi connectivity index (χ4n) is 1.64. The number of nitrogens with one attached hydrogen (secondary N) is 1. The molecule has 0 spiro atoms. The highest BCUT2D eigenvalue weighted by molar-refractivity contribution is 6.27. The van der Waals surface area contributed by atoms with E-state index in [1.807, 2.05) is 0 Å². The molecule has 5 heteroatoms. The highest BCUT2D eigenvalue weighted by Crippen LogP contribution is 1.92. The van der Waals surface area contributed by atoms with Gasteiger partial charge in [0.2, 0.25) is 5.91 Å². The van der Waals surface area contributed by atoms with E-state index in [1.54, 1.807) is 4.90 Å². The van der Waals surface area contributed by atoms with E-state index in [2.05, 4.69) is 6.07 Å². The van der Waals surface area contributed by atoms with E-state index in [0.29, 0.717) is 6.42 Å². The second-order valence-electron chi connectivity index (χ2n) is 3.42. The molecule has 1 fully saturated rings. The van der Waals surface area contributed by atoms with Crippen LogP contribution in [-0.2, 0) is 4.79 Å². The number of amides is 1. The molecule has 0 saturated carbocycles. The largest absolute Gasteiger partial charge is 0.331 e. The van der Waals surface area contributed by atoms with Crippen molar-refractivity contribution in [1.29, 1.82) is 5.26 Å². The van der Waals surface area contributed by atoms with Crippen LogP contribution >= 0.6 is 11.6 Å². The van der Waals surface area contributed by atoms with Crippen molar-refractivity contribution in [3.63, 3.8) is 0 Å². The Kier molecular flexibility index (Phi) is 4.71. The molecule has 1 aliphatic heterocycles. The summed E-state index contributed by atoms with van der Waals surface area (Å²) in [7, 11) is 0. The smallest absolute Gasteiger partial charge is 0.237 e. The second kappa shape index (κ2) is 5.84. The molecule has 0 aliphatic carbocycles. The minimum atomic E-state index is 0.0194. The molecular formula is C9H15ClN3O+. The summed E-state index contributed by atoms with van der Waals surface area (Å²) in [6.45, 7) is 4.30. The lowest BCUT2D eigenvalue weighted by atomic mass is 10.3. The number of rotatable bonds is 3. The van der Waals surface area contributed by atoms with E-state index >= 15 is 0 Å². The molecule has 1 rings (SSSR count). The Bertz CT molecular complexity index is 231. The van der Waals surface area contributed by atoms with Gasteiger partial charge in [-0.05, 0) is 0 Å². The monoisotopic (exact) mass is 216 g/mol. The first-order valence-electron chi connectivity index (χ1n) is 4.82. The predicted molar refractivity (Wildman–Crippen MR) is 53.1 cm³/mol. The maximum Gasteiger partial charge on any atom is 0.237 e. The molecule has 0 aromatic rings. The summed E-state index contributed by atoms with van der Waals surface area (Å²) in [6.07, 6.45) is 0.596. The van der Waals surface area contributed by atoms with E-state index in [-0.39, 0.29) is 11.8 Å². The first kappa shape index (κ1) is 11.3. The number of carbonyl (C=O) groups is 1. The number of hydrogen-bond acceptors (Lipinski definition) is 2. The standard InChI is InChI=1S/C9H14ClN3O/c10-8-9(14)13-6-4-12(5-7-13)3-1-2-11/h1,3-8H2/p+1. The molecule has 4 nitrogen and oxygen atoms in total. The Morgan fingerprint density at radius 1 is 1.50 bits per heavy atom. The molecule has 78 valence electrons. The van der Waals surface area contributed by atoms with E-state index in [9.17, 15) is 4.79 Å². The molecule has 14 heavy (non-hydrogen) atoms. The van der Waals surface area contributed by atoms with Crippen LogP contribution in [0.25, 0.3) is 0 Å². The van der Waals surface area contributed by atoms with Crippen LogP contribution in [0.5, 0.6) is 0 Å². The minimum Gasteiger partial charge on any atom is -0.331 e. The van der Waals surface area contributed by atoms with Crippen molar-refractivity contribution in [2.24, 2.45) is 0 Å². The van der Waals surface area contributed by atoms with Gasteiger partial charge in [-0.3, -0.25) is 4.79 Å². The van der Waals surface area contributed by atoms with Crippen molar-refractivity contribution in [2.45, 2.75) is 6.42 Å². The van der Waals surface area contributed by atoms with Gasteiger partial charge in [0.15, 0.2) is 0 Å². The van der Waals surface area contributed by atoms with E-state index in [4.69, 9.17) is 16.9 Å². The van der Waals surface area contributed by atoms with Crippen LogP contribution in [0.15, 0.2) is 0 Å². The lowest BCUT2D eigenvalue weighted by Gasteiger charge is -2.31. The minimum absolute atomic E-state index is 0.0194. The molecule has 0 aromatic heterocycles. The summed E-state index contributed by atoms with van der Waals surface area (Å²) in [5.74, 6) is 0.0964. The lowest BCUT2D eigenvalue weighted by molar-refractivity contribution is -0.903. The average molecular weight is 217 g/mol. The number of nitriles is 1. The zero-order valence-electron chi connectivity index (χ0n) is 8.13. The Morgan fingerprint density at radius 3 is 2.64 bits per heavy atom. The molecule has 1 amide bonds. The van der Waals surface area contributed by atoms with E-state index in [0.717, 1.165) is 32.7 Å². The molecule has 0 aromatic carbocycles. The quantitative estimate of drug-likeness (QED) is 0.607. The van der Waals surface area contributed by atoms with Gasteiger partial charge in [-0.1, -0.05) is 0 Å². The van der Waals surface area contributed by atoms with Crippen LogP contribution in [0.2, 0.25) is 0 Å². The van der Waals surface area contributed by atoms with Crippen molar-refractivity contribution in [2.75, 3.05) is 38.6 Å². The summed E-state index contributed by atoms with van der Waals surface area (Å²) in [4.78, 5) is 14.4. The third-order valence-corrected chi connectivity index (χ3v) is 2.76. The molecule has 0 radical (unpaired) electrons. The second-order valence-corrected chi connectivity index (χ2v) is 3.69. The van der Waals surface area contributed by atoms with Crippen molar-refractivity contribution in [1.82, 2.24) is 4.90 Å². The first-order valence-corrected chi connectivity index (χ1v) is 5.35. The summed E-state index contributed by atoms with van der Waals surface area (Å²) in [5.41, 5.74) is 0. The van der Waals surface area contributed by atoms with Crippen LogP contribution < -0.4 is 4.90 Å². The average Bonchev–Trinajstić information content (AvgIpc) is 2.26. The number of quaternary nitrogens is 1. The van der Waals surface area contributed by atoms with E-state index in [1.165, 1.54) is 4.90 Å². The van der Waals surface area contributed by atoms with Crippen molar-refractivity contribution >= 4 is 17.5 Å². The molecule has 1 saturated heterocycles. The van der Waals surface area contributed by atoms with Crippen LogP contribution in [0.3, 0.4) is 0 Å². The molecule has 0 bridgehead atoms. The zero-order chi connectivity index (χ0) is 10.4. The van der Waals surface area contributed by atoms with Crippen molar-refractivity contribution < 1.29 is 9.69 Å². The Labute approximate surface area is 89.0 Å². The topological polar surface area (TPSA) is 48.5 Å². The highest BCUT2D eigenvalue weighted by atomic mass is 35.5. The lowest BCUT2D eigenvalue weighted by Crippen LogP contribution is -3.14. The number of alkyl halides is 1. The fourth-order valence-corrected chi connectivity index (χ4v) is 1.81. The van der Waals surface area contributed by atoms with Crippen LogP contribution in [0, 0.1) is 11.3 Å². The Balaban J connectivity index is 2.25. The normalized spacial score (nSPS) is 17.9. The number of halogens is 1. The SMILES string of the molecule is N#CCC[NH+]1CCN(C(=O)CCl)CC1. The zero-order valence-corrected chi connectivity index (χ0v) is 8.89. The highest BCUT2D eigenvalue weighted by Gasteiger charge is 2.22. The Morgan fingerprint density at radius 2 is 2.14 bits per heavy atom. The maximum atomic E-state index is 11.2. The number of carbonyl (C=O) groups excluding carboxylic acids is 1. The van der Waals surface area contributed by atoms with Crippen LogP contribution in [-0.4, -0.2) is 49.4 Å². The van der Waals surface area contributed by atoms with Gasteiger partial charge in [0.25, 0.3) is 0 Å². The maximum absolute atomic E-state index is 11.2. The van der Waals surface area contributed by atoms with Gasteiger partial charge in [-0.15, -0.1) is 11.6 Å². The molecule has 1 aliphatic rings. The molecule has 0 unspecified atom stereocenters. The summed E-state index contributed by atoms with van der Waals surface area (Å²) in [5, 5.41) is 8.43. The number of hydrogen-bond donors (Lipinski definition) is 1. The van der Waals surface area contributed by atoms with E-state index < -0.39 is 0 Å². The van der Waals surface area contributed by atoms with Crippen molar-refractivity contribution in [3.05, 3.63) is 0 Å². The Hall–Kier alpha value is -0.790. The molecule has 1 heterocycles. The third-order valence-electron chi connectivity index (χ3n) is 2.53. The summed E-state index contributed by atoms with van der Waals surface area (Å²) < 4.78 is 0. The summed E-state index contributed by atoms with van der Waals surface area (Å²) >= 11 is 5.46. The fraction of sp³-hybridized carbons (Fsp3) is 0.778. The van der Waals surface area contributed by atoms with Gasteiger partial charge in [-0.2, -0.15) is 5.26 Å².